The topological polar surface area (TPSA) is 187 Å². The lowest BCUT2D eigenvalue weighted by Crippen LogP contribution is -2.49. The van der Waals surface area contributed by atoms with Crippen LogP contribution in [0, 0.1) is 5.41 Å². The standard InChI is InChI=1S/C33H55NO13/c1-9-13-25(35)44-22(4)18-28(38)42-17-12-16-34-32(41)31(47-30(40)20-24(6)46-27(37)15-11-3)33(7,8)21-43-29(39)19-23(5)45-26(36)14-10-2/h22-24,31H,9-21H2,1-8H3,(H,34,41)/t22-,23-,24-,31+/m1/s1. The first-order valence-electron chi connectivity index (χ1n) is 16.4. The molecule has 0 aromatic rings. The SMILES string of the molecule is CCCC(=O)O[C@H](C)CC(=O)OCCCNC(=O)[C@H](OC(=O)C[C@@H](C)OC(=O)CCC)C(C)(C)COC(=O)C[C@@H](C)OC(=O)CCC. The van der Waals surface area contributed by atoms with Crippen LogP contribution in [0.3, 0.4) is 0 Å². The number of carbonyl (C=O) groups is 7. The molecule has 14 heteroatoms. The quantitative estimate of drug-likeness (QED) is 0.0884. The molecule has 0 heterocycles. The maximum Gasteiger partial charge on any atom is 0.310 e. The number of hydrogen-bond donors (Lipinski definition) is 1. The van der Waals surface area contributed by atoms with Crippen LogP contribution in [0.5, 0.6) is 0 Å². The van der Waals surface area contributed by atoms with Crippen LogP contribution in [-0.2, 0) is 62.0 Å². The minimum absolute atomic E-state index is 0.0259. The lowest BCUT2D eigenvalue weighted by molar-refractivity contribution is -0.172. The highest BCUT2D eigenvalue weighted by atomic mass is 16.6. The highest BCUT2D eigenvalue weighted by Gasteiger charge is 2.40. The van der Waals surface area contributed by atoms with Crippen LogP contribution in [0.4, 0.5) is 0 Å². The molecular weight excluding hydrogens is 618 g/mol. The molecule has 0 unspecified atom stereocenters. The van der Waals surface area contributed by atoms with Crippen molar-refractivity contribution in [2.75, 3.05) is 19.8 Å². The molecule has 1 N–H and O–H groups in total. The van der Waals surface area contributed by atoms with Gasteiger partial charge in [-0.1, -0.05) is 34.6 Å². The van der Waals surface area contributed by atoms with E-state index in [1.807, 2.05) is 20.8 Å². The molecule has 4 atom stereocenters. The predicted octanol–water partition coefficient (Wildman–Crippen LogP) is 3.88. The van der Waals surface area contributed by atoms with Crippen molar-refractivity contribution in [1.29, 1.82) is 0 Å². The molecule has 0 rings (SSSR count). The van der Waals surface area contributed by atoms with Gasteiger partial charge in [0, 0.05) is 31.2 Å². The number of carbonyl (C=O) groups excluding carboxylic acids is 7. The zero-order valence-corrected chi connectivity index (χ0v) is 29.3. The van der Waals surface area contributed by atoms with Crippen molar-refractivity contribution in [3.63, 3.8) is 0 Å². The molecule has 0 aliphatic heterocycles. The zero-order valence-electron chi connectivity index (χ0n) is 29.3. The summed E-state index contributed by atoms with van der Waals surface area (Å²) in [6.45, 7) is 13.0. The van der Waals surface area contributed by atoms with Gasteiger partial charge in [-0.3, -0.25) is 33.6 Å². The Kier molecular flexibility index (Phi) is 21.7. The van der Waals surface area contributed by atoms with Crippen molar-refractivity contribution in [1.82, 2.24) is 5.32 Å². The third kappa shape index (κ3) is 20.9. The molecule has 0 fully saturated rings. The van der Waals surface area contributed by atoms with Crippen molar-refractivity contribution < 1.29 is 62.0 Å². The molecule has 1 amide bonds. The largest absolute Gasteiger partial charge is 0.466 e. The minimum Gasteiger partial charge on any atom is -0.466 e. The van der Waals surface area contributed by atoms with Gasteiger partial charge in [-0.05, 0) is 46.5 Å². The van der Waals surface area contributed by atoms with Crippen LogP contribution >= 0.6 is 0 Å². The van der Waals surface area contributed by atoms with Crippen molar-refractivity contribution in [2.24, 2.45) is 5.41 Å². The molecule has 0 aromatic heterocycles. The summed E-state index contributed by atoms with van der Waals surface area (Å²) in [5.41, 5.74) is -1.21. The Morgan fingerprint density at radius 1 is 0.574 bits per heavy atom. The Hall–Kier alpha value is -3.71. The van der Waals surface area contributed by atoms with Gasteiger partial charge in [-0.25, -0.2) is 0 Å². The molecule has 47 heavy (non-hydrogen) atoms. The van der Waals surface area contributed by atoms with E-state index >= 15 is 0 Å². The number of rotatable bonds is 24. The van der Waals surface area contributed by atoms with Gasteiger partial charge in [0.2, 0.25) is 0 Å². The average Bonchev–Trinajstić information content (AvgIpc) is 2.94. The van der Waals surface area contributed by atoms with Crippen LogP contribution in [-0.4, -0.2) is 85.9 Å². The van der Waals surface area contributed by atoms with Gasteiger partial charge in [0.1, 0.15) is 24.9 Å². The van der Waals surface area contributed by atoms with Gasteiger partial charge in [0.25, 0.3) is 5.91 Å². The Labute approximate surface area is 278 Å². The van der Waals surface area contributed by atoms with E-state index in [2.05, 4.69) is 5.32 Å². The van der Waals surface area contributed by atoms with E-state index in [-0.39, 0.29) is 64.7 Å². The van der Waals surface area contributed by atoms with E-state index in [0.717, 1.165) is 0 Å². The summed E-state index contributed by atoms with van der Waals surface area (Å²) >= 11 is 0. The van der Waals surface area contributed by atoms with E-state index in [0.29, 0.717) is 19.3 Å². The Bertz CT molecular complexity index is 1030. The molecule has 0 radical (unpaired) electrons. The van der Waals surface area contributed by atoms with Crippen LogP contribution in [0.15, 0.2) is 0 Å². The van der Waals surface area contributed by atoms with Crippen LogP contribution in [0.1, 0.15) is 120 Å². The fraction of sp³-hybridized carbons (Fsp3) is 0.788. The molecule has 14 nitrogen and oxygen atoms in total. The maximum atomic E-state index is 13.2. The van der Waals surface area contributed by atoms with Crippen molar-refractivity contribution >= 4 is 41.7 Å². The summed E-state index contributed by atoms with van der Waals surface area (Å²) in [6, 6.07) is 0. The minimum atomic E-state index is -1.41. The fourth-order valence-corrected chi connectivity index (χ4v) is 4.06. The first-order valence-corrected chi connectivity index (χ1v) is 16.4. The Morgan fingerprint density at radius 3 is 1.40 bits per heavy atom. The third-order valence-corrected chi connectivity index (χ3v) is 6.41. The second kappa shape index (κ2) is 23.6. The highest BCUT2D eigenvalue weighted by molar-refractivity contribution is 5.85. The lowest BCUT2D eigenvalue weighted by atomic mass is 9.86. The van der Waals surface area contributed by atoms with Crippen LogP contribution in [0.25, 0.3) is 0 Å². The molecule has 0 saturated heterocycles. The van der Waals surface area contributed by atoms with Gasteiger partial charge >= 0.3 is 35.8 Å². The van der Waals surface area contributed by atoms with E-state index in [1.54, 1.807) is 27.7 Å². The normalized spacial score (nSPS) is 13.6. The number of nitrogens with one attached hydrogen (secondary N) is 1. The fourth-order valence-electron chi connectivity index (χ4n) is 4.06. The Balaban J connectivity index is 5.23. The summed E-state index contributed by atoms with van der Waals surface area (Å²) in [5.74, 6) is -4.00. The average molecular weight is 674 g/mol. The summed E-state index contributed by atoms with van der Waals surface area (Å²) < 4.78 is 31.6. The molecule has 0 aromatic carbocycles. The highest BCUT2D eigenvalue weighted by Crippen LogP contribution is 2.26. The number of esters is 6. The monoisotopic (exact) mass is 673 g/mol. The zero-order chi connectivity index (χ0) is 36.0. The number of amides is 1. The summed E-state index contributed by atoms with van der Waals surface area (Å²) in [5, 5.41) is 2.64. The molecule has 0 spiro atoms. The maximum absolute atomic E-state index is 13.2. The number of ether oxygens (including phenoxy) is 6. The first kappa shape index (κ1) is 43.3. The van der Waals surface area contributed by atoms with Crippen LogP contribution < -0.4 is 5.32 Å². The van der Waals surface area contributed by atoms with E-state index in [1.165, 1.54) is 6.92 Å². The van der Waals surface area contributed by atoms with Gasteiger partial charge in [0.05, 0.1) is 25.9 Å². The summed E-state index contributed by atoms with van der Waals surface area (Å²) in [4.78, 5) is 85.7. The molecular formula is C33H55NO13. The third-order valence-electron chi connectivity index (χ3n) is 6.41. The van der Waals surface area contributed by atoms with Gasteiger partial charge < -0.3 is 33.7 Å². The lowest BCUT2D eigenvalue weighted by Gasteiger charge is -2.32. The van der Waals surface area contributed by atoms with Gasteiger partial charge in [-0.2, -0.15) is 0 Å². The number of hydrogen-bond acceptors (Lipinski definition) is 13. The molecule has 0 saturated carbocycles. The van der Waals surface area contributed by atoms with E-state index in [4.69, 9.17) is 28.4 Å². The molecule has 0 bridgehead atoms. The van der Waals surface area contributed by atoms with Crippen molar-refractivity contribution in [2.45, 2.75) is 144 Å². The van der Waals surface area contributed by atoms with Gasteiger partial charge in [0.15, 0.2) is 6.10 Å². The molecule has 0 aliphatic rings. The first-order chi connectivity index (χ1) is 22.0. The summed E-state index contributed by atoms with van der Waals surface area (Å²) in [7, 11) is 0. The van der Waals surface area contributed by atoms with Gasteiger partial charge in [-0.15, -0.1) is 0 Å². The van der Waals surface area contributed by atoms with E-state index < -0.39 is 71.6 Å². The second-order valence-corrected chi connectivity index (χ2v) is 12.1. The second-order valence-electron chi connectivity index (χ2n) is 12.1. The van der Waals surface area contributed by atoms with E-state index in [9.17, 15) is 33.6 Å². The molecule has 270 valence electrons. The summed E-state index contributed by atoms with van der Waals surface area (Å²) in [6.07, 6.45) is -1.45. The van der Waals surface area contributed by atoms with Crippen molar-refractivity contribution in [3.8, 4) is 0 Å². The smallest absolute Gasteiger partial charge is 0.310 e. The molecule has 0 aliphatic carbocycles. The van der Waals surface area contributed by atoms with Crippen molar-refractivity contribution in [3.05, 3.63) is 0 Å². The predicted molar refractivity (Wildman–Crippen MR) is 168 cm³/mol. The van der Waals surface area contributed by atoms with Crippen LogP contribution in [0.2, 0.25) is 0 Å². The Morgan fingerprint density at radius 2 is 0.979 bits per heavy atom.